The molecule has 3 atom stereocenters. The summed E-state index contributed by atoms with van der Waals surface area (Å²) in [6, 6.07) is 24.4. The summed E-state index contributed by atoms with van der Waals surface area (Å²) in [5.74, 6) is -1.61. The minimum atomic E-state index is -4.36. The zero-order chi connectivity index (χ0) is 31.6. The molecular formula is C33H28N4O7S. The van der Waals surface area contributed by atoms with Gasteiger partial charge in [-0.15, -0.1) is 0 Å². The maximum atomic E-state index is 14.3. The number of β-lactam (4-membered cyclic amide) rings is 1. The number of carbonyl (C=O) groups excluding carboxylic acids is 3. The predicted molar refractivity (Wildman–Crippen MR) is 164 cm³/mol. The molecule has 0 aliphatic carbocycles. The van der Waals surface area contributed by atoms with Crippen molar-refractivity contribution in [3.8, 4) is 0 Å². The highest BCUT2D eigenvalue weighted by Gasteiger charge is 2.73. The van der Waals surface area contributed by atoms with Crippen LogP contribution >= 0.6 is 0 Å². The lowest BCUT2D eigenvalue weighted by molar-refractivity contribution is -0.161. The third-order valence-corrected chi connectivity index (χ3v) is 10.6. The number of esters is 1. The molecule has 2 aliphatic rings. The van der Waals surface area contributed by atoms with E-state index in [1.807, 2.05) is 12.1 Å². The molecule has 6 rings (SSSR count). The Morgan fingerprint density at radius 1 is 0.933 bits per heavy atom. The van der Waals surface area contributed by atoms with Gasteiger partial charge in [-0.1, -0.05) is 66.7 Å². The van der Waals surface area contributed by atoms with Crippen molar-refractivity contribution < 1.29 is 32.3 Å². The van der Waals surface area contributed by atoms with E-state index in [1.54, 1.807) is 66.7 Å². The molecule has 2 aromatic carbocycles. The molecule has 2 aromatic heterocycles. The van der Waals surface area contributed by atoms with Crippen LogP contribution in [0.2, 0.25) is 0 Å². The largest absolute Gasteiger partial charge is 0.451 e. The van der Waals surface area contributed by atoms with E-state index < -0.39 is 56.7 Å². The molecule has 0 radical (unpaired) electrons. The van der Waals surface area contributed by atoms with Gasteiger partial charge in [-0.2, -0.15) is 0 Å². The highest BCUT2D eigenvalue weighted by molar-refractivity contribution is 7.94. The fourth-order valence-electron chi connectivity index (χ4n) is 5.56. The number of fused-ring (bicyclic) bond motifs is 1. The number of pyridine rings is 2. The number of sulfone groups is 1. The Kier molecular flexibility index (Phi) is 7.90. The molecule has 0 spiro atoms. The minimum Gasteiger partial charge on any atom is -0.451 e. The van der Waals surface area contributed by atoms with Crippen molar-refractivity contribution in [2.24, 2.45) is 0 Å². The van der Waals surface area contributed by atoms with Gasteiger partial charge in [0, 0.05) is 24.3 Å². The first-order valence-electron chi connectivity index (χ1n) is 14.0. The second kappa shape index (κ2) is 12.0. The van der Waals surface area contributed by atoms with Crippen LogP contribution in [0, 0.1) is 0 Å². The number of anilines is 1. The molecule has 4 aromatic rings. The second-order valence-electron chi connectivity index (χ2n) is 10.8. The van der Waals surface area contributed by atoms with Gasteiger partial charge < -0.3 is 14.4 Å². The van der Waals surface area contributed by atoms with Gasteiger partial charge in [0.15, 0.2) is 27.4 Å². The monoisotopic (exact) mass is 624 g/mol. The number of hydrogen-bond donors (Lipinski definition) is 1. The first-order valence-corrected chi connectivity index (χ1v) is 15.6. The van der Waals surface area contributed by atoms with E-state index in [0.29, 0.717) is 22.5 Å². The number of hydrogen-bond acceptors (Lipinski definition) is 9. The molecule has 228 valence electrons. The molecule has 0 bridgehead atoms. The zero-order valence-corrected chi connectivity index (χ0v) is 24.8. The van der Waals surface area contributed by atoms with Crippen LogP contribution in [0.1, 0.15) is 29.8 Å². The van der Waals surface area contributed by atoms with E-state index in [0.717, 1.165) is 4.90 Å². The van der Waals surface area contributed by atoms with E-state index in [-0.39, 0.29) is 5.57 Å². The lowest BCUT2D eigenvalue weighted by Crippen LogP contribution is -2.60. The molecule has 1 N–H and O–H groups in total. The van der Waals surface area contributed by atoms with Crippen molar-refractivity contribution in [1.82, 2.24) is 14.9 Å². The van der Waals surface area contributed by atoms with Crippen molar-refractivity contribution in [2.45, 2.75) is 29.2 Å². The SMILES string of the molecule is C[C@]1(COC(=O)Nc2ccncc2)[C@H](C(=O)OC(c2ccccc2)c2ccccc2)N2C(=O)C(=Cc3ccccn3)[C@H]2S1(=O)=O. The maximum absolute atomic E-state index is 14.3. The number of nitrogens with one attached hydrogen (secondary N) is 1. The van der Waals surface area contributed by atoms with Crippen LogP contribution in [0.3, 0.4) is 0 Å². The van der Waals surface area contributed by atoms with Crippen molar-refractivity contribution in [3.63, 3.8) is 0 Å². The first-order chi connectivity index (χ1) is 21.7. The highest BCUT2D eigenvalue weighted by atomic mass is 32.2. The van der Waals surface area contributed by atoms with Crippen LogP contribution in [0.25, 0.3) is 6.08 Å². The molecule has 12 heteroatoms. The van der Waals surface area contributed by atoms with Crippen LogP contribution in [-0.4, -0.2) is 64.0 Å². The van der Waals surface area contributed by atoms with Crippen LogP contribution in [0.5, 0.6) is 0 Å². The summed E-state index contributed by atoms with van der Waals surface area (Å²) >= 11 is 0. The van der Waals surface area contributed by atoms with Gasteiger partial charge in [0.2, 0.25) is 0 Å². The van der Waals surface area contributed by atoms with Crippen molar-refractivity contribution in [1.29, 1.82) is 0 Å². The number of carbonyl (C=O) groups is 3. The molecule has 2 amide bonds. The summed E-state index contributed by atoms with van der Waals surface area (Å²) in [7, 11) is -4.36. The molecule has 45 heavy (non-hydrogen) atoms. The molecule has 2 fully saturated rings. The summed E-state index contributed by atoms with van der Waals surface area (Å²) in [6.45, 7) is 0.558. The summed E-state index contributed by atoms with van der Waals surface area (Å²) in [5.41, 5.74) is 2.01. The quantitative estimate of drug-likeness (QED) is 0.174. The van der Waals surface area contributed by atoms with E-state index >= 15 is 0 Å². The Balaban J connectivity index is 1.36. The first kappa shape index (κ1) is 29.7. The van der Waals surface area contributed by atoms with Gasteiger partial charge in [0.25, 0.3) is 5.91 Å². The van der Waals surface area contributed by atoms with Crippen LogP contribution < -0.4 is 5.32 Å². The number of amides is 2. The predicted octanol–water partition coefficient (Wildman–Crippen LogP) is 4.17. The van der Waals surface area contributed by atoms with Gasteiger partial charge in [0.05, 0.1) is 11.3 Å². The highest BCUT2D eigenvalue weighted by Crippen LogP contribution is 2.50. The van der Waals surface area contributed by atoms with Crippen LogP contribution in [0.15, 0.2) is 115 Å². The van der Waals surface area contributed by atoms with E-state index in [4.69, 9.17) is 9.47 Å². The van der Waals surface area contributed by atoms with Crippen molar-refractivity contribution in [2.75, 3.05) is 11.9 Å². The second-order valence-corrected chi connectivity index (χ2v) is 13.2. The number of benzene rings is 2. The molecule has 11 nitrogen and oxygen atoms in total. The molecule has 0 saturated carbocycles. The van der Waals surface area contributed by atoms with E-state index in [2.05, 4.69) is 15.3 Å². The standard InChI is InChI=1S/C33H28N4O7S/c1-33(21-43-32(40)36-24-15-18-34-19-16-24)28(31(39)44-27(22-10-4-2-5-11-22)23-12-6-3-7-13-23)37-29(38)26(30(37)45(33,41)42)20-25-14-8-9-17-35-25/h2-20,27-28,30H,21H2,1H3,(H,34,36,40)/t28-,30+,33-/m0/s1. The summed E-state index contributed by atoms with van der Waals surface area (Å²) in [5, 5.41) is 1.04. The normalized spacial score (nSPS) is 22.4. The van der Waals surface area contributed by atoms with Crippen molar-refractivity contribution in [3.05, 3.63) is 132 Å². The zero-order valence-electron chi connectivity index (χ0n) is 24.0. The van der Waals surface area contributed by atoms with E-state index in [1.165, 1.54) is 43.7 Å². The fraction of sp³-hybridized carbons (Fsp3) is 0.182. The van der Waals surface area contributed by atoms with Gasteiger partial charge in [-0.05, 0) is 48.4 Å². The average Bonchev–Trinajstić information content (AvgIpc) is 3.23. The Hall–Kier alpha value is -5.36. The maximum Gasteiger partial charge on any atom is 0.411 e. The Morgan fingerprint density at radius 3 is 2.16 bits per heavy atom. The molecule has 2 saturated heterocycles. The molecule has 0 unspecified atom stereocenters. The van der Waals surface area contributed by atoms with Gasteiger partial charge >= 0.3 is 12.1 Å². The Labute approximate surface area is 259 Å². The Bertz CT molecular complexity index is 1820. The Morgan fingerprint density at radius 2 is 1.56 bits per heavy atom. The number of rotatable bonds is 8. The fourth-order valence-corrected chi connectivity index (χ4v) is 7.83. The number of aromatic nitrogens is 2. The third-order valence-electron chi connectivity index (χ3n) is 7.87. The number of ether oxygens (including phenoxy) is 2. The number of nitrogens with zero attached hydrogens (tertiary/aromatic N) is 3. The molecular weight excluding hydrogens is 596 g/mol. The summed E-state index contributed by atoms with van der Waals surface area (Å²) in [6.07, 6.45) is 3.99. The van der Waals surface area contributed by atoms with Gasteiger partial charge in [-0.3, -0.25) is 20.1 Å². The summed E-state index contributed by atoms with van der Waals surface area (Å²) < 4.78 is 37.9. The van der Waals surface area contributed by atoms with Crippen LogP contribution in [0.4, 0.5) is 10.5 Å². The summed E-state index contributed by atoms with van der Waals surface area (Å²) in [4.78, 5) is 49.5. The van der Waals surface area contributed by atoms with E-state index in [9.17, 15) is 22.8 Å². The topological polar surface area (TPSA) is 145 Å². The van der Waals surface area contributed by atoms with Crippen LogP contribution in [-0.2, 0) is 28.9 Å². The minimum absolute atomic E-state index is 0.0425. The third kappa shape index (κ3) is 5.44. The lowest BCUT2D eigenvalue weighted by atomic mass is 9.94. The van der Waals surface area contributed by atoms with Crippen molar-refractivity contribution >= 4 is 39.6 Å². The molecule has 4 heterocycles. The smallest absolute Gasteiger partial charge is 0.411 e. The van der Waals surface area contributed by atoms with Gasteiger partial charge in [0.1, 0.15) is 11.4 Å². The molecule has 2 aliphatic heterocycles. The lowest BCUT2D eigenvalue weighted by Gasteiger charge is -2.39. The van der Waals surface area contributed by atoms with Gasteiger partial charge in [-0.25, -0.2) is 18.0 Å². The average molecular weight is 625 g/mol.